The Morgan fingerprint density at radius 2 is 2.29 bits per heavy atom. The molecule has 2 rings (SSSR count). The summed E-state index contributed by atoms with van der Waals surface area (Å²) in [6.07, 6.45) is 7.09. The monoisotopic (exact) mass is 189 g/mol. The van der Waals surface area contributed by atoms with Crippen molar-refractivity contribution in [2.75, 3.05) is 0 Å². The first-order chi connectivity index (χ1) is 6.81. The molecule has 14 heavy (non-hydrogen) atoms. The fourth-order valence-electron chi connectivity index (χ4n) is 2.08. The van der Waals surface area contributed by atoms with Gasteiger partial charge in [0.05, 0.1) is 6.07 Å². The first-order valence-corrected chi connectivity index (χ1v) is 5.25. The Labute approximate surface area is 84.2 Å². The number of rotatable bonds is 2. The van der Waals surface area contributed by atoms with E-state index in [-0.39, 0.29) is 5.92 Å². The van der Waals surface area contributed by atoms with E-state index in [1.54, 1.807) is 0 Å². The first kappa shape index (κ1) is 9.26. The smallest absolute Gasteiger partial charge is 0.123 e. The number of aromatic amines is 1. The topological polar surface area (TPSA) is 52.5 Å². The largest absolute Gasteiger partial charge is 0.345 e. The van der Waals surface area contributed by atoms with Crippen LogP contribution < -0.4 is 0 Å². The molecule has 0 aromatic carbocycles. The highest BCUT2D eigenvalue weighted by molar-refractivity contribution is 5.14. The van der Waals surface area contributed by atoms with Crippen molar-refractivity contribution in [2.24, 2.45) is 0 Å². The van der Waals surface area contributed by atoms with Crippen molar-refractivity contribution < 1.29 is 0 Å². The summed E-state index contributed by atoms with van der Waals surface area (Å²) in [5, 5.41) is 8.75. The fourth-order valence-corrected chi connectivity index (χ4v) is 2.08. The van der Waals surface area contributed by atoms with E-state index in [2.05, 4.69) is 16.0 Å². The Balaban J connectivity index is 2.13. The molecule has 1 saturated carbocycles. The second-order valence-corrected chi connectivity index (χ2v) is 4.06. The molecule has 1 aliphatic carbocycles. The molecule has 0 spiro atoms. The standard InChI is InChI=1S/C11H15N3/c1-8(6-12)11-13-7-10(14-11)9-4-2-3-5-9/h7-9H,2-5H2,1H3,(H,13,14). The summed E-state index contributed by atoms with van der Waals surface area (Å²) in [5.74, 6) is 1.35. The van der Waals surface area contributed by atoms with Gasteiger partial charge in [0.2, 0.25) is 0 Å². The SMILES string of the molecule is CC(C#N)c1ncc(C2CCCC2)[nH]1. The Morgan fingerprint density at radius 3 is 2.93 bits per heavy atom. The van der Waals surface area contributed by atoms with Crippen LogP contribution in [0.1, 0.15) is 56.0 Å². The predicted octanol–water partition coefficient (Wildman–Crippen LogP) is 2.69. The Morgan fingerprint density at radius 1 is 1.57 bits per heavy atom. The van der Waals surface area contributed by atoms with Crippen molar-refractivity contribution >= 4 is 0 Å². The maximum absolute atomic E-state index is 8.75. The Kier molecular flexibility index (Phi) is 2.53. The van der Waals surface area contributed by atoms with Crippen molar-refractivity contribution in [1.29, 1.82) is 5.26 Å². The van der Waals surface area contributed by atoms with Crippen LogP contribution in [0.4, 0.5) is 0 Å². The molecule has 0 radical (unpaired) electrons. The second-order valence-electron chi connectivity index (χ2n) is 4.06. The van der Waals surface area contributed by atoms with Gasteiger partial charge in [-0.15, -0.1) is 0 Å². The van der Waals surface area contributed by atoms with Crippen molar-refractivity contribution in [1.82, 2.24) is 9.97 Å². The van der Waals surface area contributed by atoms with Crippen LogP contribution in [0.25, 0.3) is 0 Å². The average molecular weight is 189 g/mol. The number of hydrogen-bond acceptors (Lipinski definition) is 2. The van der Waals surface area contributed by atoms with E-state index in [1.807, 2.05) is 13.1 Å². The molecule has 74 valence electrons. The summed E-state index contributed by atoms with van der Waals surface area (Å²) < 4.78 is 0. The summed E-state index contributed by atoms with van der Waals surface area (Å²) in [7, 11) is 0. The Hall–Kier alpha value is -1.30. The number of imidazole rings is 1. The molecule has 1 heterocycles. The fraction of sp³-hybridized carbons (Fsp3) is 0.636. The zero-order valence-corrected chi connectivity index (χ0v) is 8.45. The molecule has 0 bridgehead atoms. The molecule has 1 N–H and O–H groups in total. The molecular formula is C11H15N3. The van der Waals surface area contributed by atoms with E-state index in [4.69, 9.17) is 5.26 Å². The molecule has 1 atom stereocenters. The lowest BCUT2D eigenvalue weighted by Gasteiger charge is -2.04. The summed E-state index contributed by atoms with van der Waals surface area (Å²) >= 11 is 0. The average Bonchev–Trinajstić information content (AvgIpc) is 2.86. The van der Waals surface area contributed by atoms with Gasteiger partial charge in [-0.2, -0.15) is 5.26 Å². The maximum Gasteiger partial charge on any atom is 0.123 e. The summed E-state index contributed by atoms with van der Waals surface area (Å²) in [6.45, 7) is 1.87. The third-order valence-corrected chi connectivity index (χ3v) is 3.01. The van der Waals surface area contributed by atoms with Gasteiger partial charge in [0.1, 0.15) is 11.7 Å². The molecule has 1 fully saturated rings. The molecular weight excluding hydrogens is 174 g/mol. The lowest BCUT2D eigenvalue weighted by atomic mass is 10.1. The molecule has 0 saturated heterocycles. The van der Waals surface area contributed by atoms with Gasteiger partial charge in [0.15, 0.2) is 0 Å². The summed E-state index contributed by atoms with van der Waals surface area (Å²) in [4.78, 5) is 7.53. The van der Waals surface area contributed by atoms with Crippen LogP contribution >= 0.6 is 0 Å². The van der Waals surface area contributed by atoms with E-state index >= 15 is 0 Å². The molecule has 1 aromatic heterocycles. The number of nitrogens with one attached hydrogen (secondary N) is 1. The van der Waals surface area contributed by atoms with Gasteiger partial charge in [-0.25, -0.2) is 4.98 Å². The molecule has 1 aromatic rings. The highest BCUT2D eigenvalue weighted by Crippen LogP contribution is 2.33. The van der Waals surface area contributed by atoms with Crippen LogP contribution in [0.5, 0.6) is 0 Å². The number of aromatic nitrogens is 2. The van der Waals surface area contributed by atoms with Gasteiger partial charge in [-0.3, -0.25) is 0 Å². The number of nitrogens with zero attached hydrogens (tertiary/aromatic N) is 2. The molecule has 3 heteroatoms. The van der Waals surface area contributed by atoms with Gasteiger partial charge in [0.25, 0.3) is 0 Å². The van der Waals surface area contributed by atoms with Crippen molar-refractivity contribution in [3.05, 3.63) is 17.7 Å². The van der Waals surface area contributed by atoms with E-state index < -0.39 is 0 Å². The van der Waals surface area contributed by atoms with Gasteiger partial charge in [-0.1, -0.05) is 12.8 Å². The lowest BCUT2D eigenvalue weighted by molar-refractivity contribution is 0.697. The van der Waals surface area contributed by atoms with Crippen LogP contribution in [-0.2, 0) is 0 Å². The van der Waals surface area contributed by atoms with Crippen molar-refractivity contribution in [3.63, 3.8) is 0 Å². The third kappa shape index (κ3) is 1.65. The van der Waals surface area contributed by atoms with Gasteiger partial charge in [0, 0.05) is 17.8 Å². The molecule has 0 aliphatic heterocycles. The van der Waals surface area contributed by atoms with Crippen LogP contribution in [0.3, 0.4) is 0 Å². The number of hydrogen-bond donors (Lipinski definition) is 1. The van der Waals surface area contributed by atoms with Gasteiger partial charge < -0.3 is 4.98 Å². The number of H-pyrrole nitrogens is 1. The zero-order chi connectivity index (χ0) is 9.97. The van der Waals surface area contributed by atoms with E-state index in [9.17, 15) is 0 Å². The quantitative estimate of drug-likeness (QED) is 0.777. The normalized spacial score (nSPS) is 19.4. The Bertz CT molecular complexity index is 342. The minimum atomic E-state index is -0.120. The number of nitriles is 1. The summed E-state index contributed by atoms with van der Waals surface area (Å²) in [5.41, 5.74) is 1.22. The van der Waals surface area contributed by atoms with Crippen molar-refractivity contribution in [2.45, 2.75) is 44.4 Å². The van der Waals surface area contributed by atoms with Crippen LogP contribution in [0.2, 0.25) is 0 Å². The van der Waals surface area contributed by atoms with E-state index in [0.717, 1.165) is 5.82 Å². The third-order valence-electron chi connectivity index (χ3n) is 3.01. The molecule has 0 amide bonds. The highest BCUT2D eigenvalue weighted by atomic mass is 14.9. The molecule has 1 aliphatic rings. The van der Waals surface area contributed by atoms with E-state index in [0.29, 0.717) is 5.92 Å². The zero-order valence-electron chi connectivity index (χ0n) is 8.45. The lowest BCUT2D eigenvalue weighted by Crippen LogP contribution is -1.95. The second kappa shape index (κ2) is 3.83. The predicted molar refractivity (Wildman–Crippen MR) is 53.8 cm³/mol. The van der Waals surface area contributed by atoms with E-state index in [1.165, 1.54) is 31.4 Å². The summed E-state index contributed by atoms with van der Waals surface area (Å²) in [6, 6.07) is 2.19. The minimum Gasteiger partial charge on any atom is -0.345 e. The maximum atomic E-state index is 8.75. The first-order valence-electron chi connectivity index (χ1n) is 5.25. The molecule has 1 unspecified atom stereocenters. The van der Waals surface area contributed by atoms with Crippen LogP contribution in [0.15, 0.2) is 6.20 Å². The van der Waals surface area contributed by atoms with Crippen LogP contribution in [-0.4, -0.2) is 9.97 Å². The van der Waals surface area contributed by atoms with Crippen LogP contribution in [0, 0.1) is 11.3 Å². The minimum absolute atomic E-state index is 0.120. The molecule has 3 nitrogen and oxygen atoms in total. The highest BCUT2D eigenvalue weighted by Gasteiger charge is 2.19. The van der Waals surface area contributed by atoms with Gasteiger partial charge in [-0.05, 0) is 19.8 Å². The van der Waals surface area contributed by atoms with Crippen molar-refractivity contribution in [3.8, 4) is 6.07 Å². The van der Waals surface area contributed by atoms with Gasteiger partial charge >= 0.3 is 0 Å².